The first kappa shape index (κ1) is 25.7. The maximum absolute atomic E-state index is 12.1. The molecule has 2 aromatic rings. The van der Waals surface area contributed by atoms with Crippen LogP contribution < -0.4 is 9.47 Å². The third kappa shape index (κ3) is 7.83. The zero-order chi connectivity index (χ0) is 25.1. The van der Waals surface area contributed by atoms with E-state index >= 15 is 0 Å². The molecule has 0 amide bonds. The highest BCUT2D eigenvalue weighted by Gasteiger charge is 2.40. The van der Waals surface area contributed by atoms with Crippen molar-refractivity contribution in [1.29, 1.82) is 0 Å². The molecule has 0 radical (unpaired) electrons. The van der Waals surface area contributed by atoms with Crippen LogP contribution in [0.4, 0.5) is 0 Å². The summed E-state index contributed by atoms with van der Waals surface area (Å²) in [6, 6.07) is 13.2. The lowest BCUT2D eigenvalue weighted by atomic mass is 10.2. The monoisotopic (exact) mass is 470 g/mol. The second kappa shape index (κ2) is 12.4. The molecule has 34 heavy (non-hydrogen) atoms. The minimum atomic E-state index is -2.28. The van der Waals surface area contributed by atoms with Gasteiger partial charge in [0.2, 0.25) is 12.2 Å². The summed E-state index contributed by atoms with van der Waals surface area (Å²) in [5, 5.41) is 18.7. The number of benzene rings is 2. The van der Waals surface area contributed by atoms with Gasteiger partial charge in [-0.3, -0.25) is 0 Å². The van der Waals surface area contributed by atoms with E-state index in [1.165, 1.54) is 26.4 Å². The summed E-state index contributed by atoms with van der Waals surface area (Å²) >= 11 is 0. The summed E-state index contributed by atoms with van der Waals surface area (Å²) in [6.07, 6.45) is -0.101. The number of hydrogen-bond acceptors (Lipinski definition) is 8. The summed E-state index contributed by atoms with van der Waals surface area (Å²) < 4.78 is 19.6. The molecular weight excluding hydrogens is 448 g/mol. The Bertz CT molecular complexity index is 1010. The van der Waals surface area contributed by atoms with Crippen molar-refractivity contribution in [3.8, 4) is 11.5 Å². The lowest BCUT2D eigenvalue weighted by Crippen LogP contribution is -2.45. The average Bonchev–Trinajstić information content (AvgIpc) is 2.83. The molecule has 0 aliphatic rings. The molecule has 0 aliphatic carbocycles. The molecule has 0 fully saturated rings. The van der Waals surface area contributed by atoms with Gasteiger partial charge in [-0.05, 0) is 47.5 Å². The molecule has 0 spiro atoms. The van der Waals surface area contributed by atoms with Gasteiger partial charge in [-0.1, -0.05) is 24.3 Å². The highest BCUT2D eigenvalue weighted by atomic mass is 16.6. The first-order chi connectivity index (χ1) is 16.2. The lowest BCUT2D eigenvalue weighted by molar-refractivity contribution is -0.183. The Morgan fingerprint density at radius 1 is 0.706 bits per heavy atom. The van der Waals surface area contributed by atoms with E-state index in [0.717, 1.165) is 12.2 Å². The van der Waals surface area contributed by atoms with Crippen LogP contribution in [0.5, 0.6) is 11.5 Å². The highest BCUT2D eigenvalue weighted by molar-refractivity contribution is 5.93. The lowest BCUT2D eigenvalue weighted by Gasteiger charge is -2.19. The Labute approximate surface area is 194 Å². The van der Waals surface area contributed by atoms with Gasteiger partial charge in [-0.25, -0.2) is 19.2 Å². The molecule has 0 aromatic heterocycles. The van der Waals surface area contributed by atoms with Gasteiger partial charge >= 0.3 is 23.9 Å². The van der Waals surface area contributed by atoms with E-state index in [9.17, 15) is 29.4 Å². The van der Waals surface area contributed by atoms with E-state index in [0.29, 0.717) is 22.6 Å². The Kier molecular flexibility index (Phi) is 9.39. The van der Waals surface area contributed by atoms with Crippen LogP contribution in [0.25, 0.3) is 12.2 Å². The molecule has 0 saturated heterocycles. The van der Waals surface area contributed by atoms with Crippen molar-refractivity contribution in [1.82, 2.24) is 0 Å². The molecule has 10 heteroatoms. The van der Waals surface area contributed by atoms with Crippen molar-refractivity contribution in [2.24, 2.45) is 0 Å². The van der Waals surface area contributed by atoms with Gasteiger partial charge in [-0.15, -0.1) is 0 Å². The maximum atomic E-state index is 12.1. The molecule has 0 unspecified atom stereocenters. The number of carbonyl (C=O) groups excluding carboxylic acids is 2. The minimum absolute atomic E-state index is 0.527. The maximum Gasteiger partial charge on any atom is 0.349 e. The van der Waals surface area contributed by atoms with Gasteiger partial charge in [0.25, 0.3) is 0 Å². The molecule has 0 bridgehead atoms. The van der Waals surface area contributed by atoms with Gasteiger partial charge in [0.05, 0.1) is 14.2 Å². The molecule has 2 aromatic carbocycles. The zero-order valence-electron chi connectivity index (χ0n) is 18.2. The third-order valence-corrected chi connectivity index (χ3v) is 4.26. The van der Waals surface area contributed by atoms with Crippen LogP contribution in [-0.4, -0.2) is 60.5 Å². The number of carboxylic acids is 2. The van der Waals surface area contributed by atoms with Crippen molar-refractivity contribution in [2.45, 2.75) is 12.2 Å². The molecule has 0 heterocycles. The molecular formula is C24H22O10. The van der Waals surface area contributed by atoms with Crippen LogP contribution in [0.2, 0.25) is 0 Å². The number of carbonyl (C=O) groups is 4. The van der Waals surface area contributed by atoms with Crippen molar-refractivity contribution in [2.75, 3.05) is 14.2 Å². The average molecular weight is 470 g/mol. The highest BCUT2D eigenvalue weighted by Crippen LogP contribution is 2.15. The van der Waals surface area contributed by atoms with Gasteiger partial charge in [0.15, 0.2) is 0 Å². The Morgan fingerprint density at radius 3 is 1.41 bits per heavy atom. The first-order valence-electron chi connectivity index (χ1n) is 9.74. The molecule has 0 saturated carbocycles. The van der Waals surface area contributed by atoms with Crippen molar-refractivity contribution >= 4 is 36.0 Å². The zero-order valence-corrected chi connectivity index (χ0v) is 18.2. The van der Waals surface area contributed by atoms with Crippen molar-refractivity contribution in [3.05, 3.63) is 71.8 Å². The summed E-state index contributed by atoms with van der Waals surface area (Å²) in [4.78, 5) is 47.3. The Balaban J connectivity index is 2.10. The van der Waals surface area contributed by atoms with E-state index in [-0.39, 0.29) is 0 Å². The molecule has 10 nitrogen and oxygen atoms in total. The van der Waals surface area contributed by atoms with Crippen LogP contribution in [0.15, 0.2) is 60.7 Å². The van der Waals surface area contributed by atoms with Crippen LogP contribution in [0.3, 0.4) is 0 Å². The fourth-order valence-electron chi connectivity index (χ4n) is 2.63. The number of esters is 2. The fourth-order valence-corrected chi connectivity index (χ4v) is 2.63. The quantitative estimate of drug-likeness (QED) is 0.371. The topological polar surface area (TPSA) is 146 Å². The van der Waals surface area contributed by atoms with E-state index in [2.05, 4.69) is 0 Å². The van der Waals surface area contributed by atoms with Crippen LogP contribution in [-0.2, 0) is 28.7 Å². The second-order valence-electron chi connectivity index (χ2n) is 6.61. The second-order valence-corrected chi connectivity index (χ2v) is 6.61. The summed E-state index contributed by atoms with van der Waals surface area (Å²) in [5.41, 5.74) is 1.10. The normalized spacial score (nSPS) is 12.6. The van der Waals surface area contributed by atoms with Gasteiger partial charge < -0.3 is 29.2 Å². The van der Waals surface area contributed by atoms with Crippen LogP contribution in [0, 0.1) is 0 Å². The Hall–Kier alpha value is -4.60. The summed E-state index contributed by atoms with van der Waals surface area (Å²) in [7, 11) is 2.93. The number of methoxy groups -OCH3 is 2. The van der Waals surface area contributed by atoms with Gasteiger partial charge in [0, 0.05) is 12.2 Å². The number of hydrogen-bond donors (Lipinski definition) is 2. The minimum Gasteiger partial charge on any atom is -0.497 e. The summed E-state index contributed by atoms with van der Waals surface area (Å²) in [5.74, 6) is -4.85. The van der Waals surface area contributed by atoms with E-state index in [1.807, 2.05) is 0 Å². The fraction of sp³-hybridized carbons (Fsp3) is 0.167. The predicted octanol–water partition coefficient (Wildman–Crippen LogP) is 2.42. The molecule has 0 aliphatic heterocycles. The van der Waals surface area contributed by atoms with E-state index < -0.39 is 36.1 Å². The van der Waals surface area contributed by atoms with Crippen molar-refractivity contribution in [3.63, 3.8) is 0 Å². The third-order valence-electron chi connectivity index (χ3n) is 4.26. The standard InChI is InChI=1S/C24H22O10/c1-31-17-7-3-5-15(13-17)9-11-19(25)33-21(23(27)28)22(24(29)30)34-20(26)12-10-16-6-4-8-18(14-16)32-2/h3-14,21-22H,1-2H3,(H,27,28)(H,29,30)/b11-9+,12-10+/t21-,22-/m1/s1. The Morgan fingerprint density at radius 2 is 1.09 bits per heavy atom. The number of rotatable bonds is 11. The number of carboxylic acid groups (broad SMARTS) is 2. The first-order valence-corrected chi connectivity index (χ1v) is 9.74. The number of aliphatic carboxylic acids is 2. The predicted molar refractivity (Wildman–Crippen MR) is 119 cm³/mol. The SMILES string of the molecule is COc1cccc(/C=C/C(=O)O[C@@H](C(=O)O)[C@@H](OC(=O)/C=C/c2cccc(OC)c2)C(=O)O)c1. The smallest absolute Gasteiger partial charge is 0.349 e. The molecule has 2 atom stereocenters. The van der Waals surface area contributed by atoms with Crippen molar-refractivity contribution < 1.29 is 48.3 Å². The number of ether oxygens (including phenoxy) is 4. The van der Waals surface area contributed by atoms with Crippen LogP contribution >= 0.6 is 0 Å². The molecule has 2 rings (SSSR count). The molecule has 178 valence electrons. The summed E-state index contributed by atoms with van der Waals surface area (Å²) in [6.45, 7) is 0. The van der Waals surface area contributed by atoms with Gasteiger partial charge in [0.1, 0.15) is 11.5 Å². The van der Waals surface area contributed by atoms with Crippen LogP contribution in [0.1, 0.15) is 11.1 Å². The molecule has 2 N–H and O–H groups in total. The largest absolute Gasteiger partial charge is 0.497 e. The van der Waals surface area contributed by atoms with E-state index in [4.69, 9.17) is 18.9 Å². The van der Waals surface area contributed by atoms with E-state index in [1.54, 1.807) is 48.5 Å². The van der Waals surface area contributed by atoms with Gasteiger partial charge in [-0.2, -0.15) is 0 Å².